The molecule has 288 valence electrons. The fraction of sp³-hybridized carbons (Fsp3) is 0.0526. The Morgan fingerprint density at radius 3 is 1.30 bits per heavy atom. The van der Waals surface area contributed by atoms with Gasteiger partial charge in [-0.25, -0.2) is 19.9 Å². The van der Waals surface area contributed by atoms with Gasteiger partial charge in [0.25, 0.3) is 0 Å². The summed E-state index contributed by atoms with van der Waals surface area (Å²) < 4.78 is 0. The second-order valence-electron chi connectivity index (χ2n) is 16.3. The van der Waals surface area contributed by atoms with Gasteiger partial charge in [-0.15, -0.1) is 0 Å². The molecular formula is C57H40N4. The van der Waals surface area contributed by atoms with Crippen molar-refractivity contribution in [2.75, 3.05) is 0 Å². The van der Waals surface area contributed by atoms with Crippen molar-refractivity contribution in [2.24, 2.45) is 0 Å². The summed E-state index contributed by atoms with van der Waals surface area (Å²) in [6, 6.07) is 72.6. The minimum atomic E-state index is -0.139. The quantitative estimate of drug-likeness (QED) is 0.162. The van der Waals surface area contributed by atoms with E-state index in [9.17, 15) is 0 Å². The van der Waals surface area contributed by atoms with E-state index in [4.69, 9.17) is 19.9 Å². The molecule has 61 heavy (non-hydrogen) atoms. The van der Waals surface area contributed by atoms with Crippen LogP contribution in [0.4, 0.5) is 0 Å². The second kappa shape index (κ2) is 14.8. The molecule has 0 aliphatic heterocycles. The number of rotatable bonds is 7. The van der Waals surface area contributed by atoms with E-state index in [1.807, 2.05) is 12.1 Å². The SMILES string of the molecule is CC1(C)c2ccccc2-c2cc3c(-c4cccc(-c5nc(-c6cccc(-c7ccccc7)c6)nc(-c6cccc(-c7ccccc7)c6)n5)c4)cc(-c4ccccc4)nc3cc21. The number of hydrogen-bond acceptors (Lipinski definition) is 4. The van der Waals surface area contributed by atoms with Crippen LogP contribution in [-0.2, 0) is 5.41 Å². The summed E-state index contributed by atoms with van der Waals surface area (Å²) in [6.07, 6.45) is 0. The molecule has 4 nitrogen and oxygen atoms in total. The maximum absolute atomic E-state index is 5.33. The molecule has 2 aromatic heterocycles. The lowest BCUT2D eigenvalue weighted by molar-refractivity contribution is 0.661. The van der Waals surface area contributed by atoms with Gasteiger partial charge in [-0.05, 0) is 92.0 Å². The van der Waals surface area contributed by atoms with E-state index in [2.05, 4.69) is 208 Å². The van der Waals surface area contributed by atoms with Crippen LogP contribution in [0.3, 0.4) is 0 Å². The lowest BCUT2D eigenvalue weighted by Crippen LogP contribution is -2.14. The monoisotopic (exact) mass is 780 g/mol. The number of benzene rings is 8. The van der Waals surface area contributed by atoms with Crippen LogP contribution in [0.25, 0.3) is 101 Å². The Balaban J connectivity index is 1.10. The molecule has 10 aromatic rings. The highest BCUT2D eigenvalue weighted by Crippen LogP contribution is 2.50. The van der Waals surface area contributed by atoms with Crippen LogP contribution in [0.15, 0.2) is 206 Å². The minimum Gasteiger partial charge on any atom is -0.248 e. The standard InChI is InChI=1S/C57H40N4/c1-57(2)50-30-13-12-29-46(50)48-34-49-47(35-52(39-21-10-5-11-22-39)58-53(49)36-51(48)57)42-25-16-28-45(33-42)56-60-54(43-26-14-23-40(31-43)37-17-6-3-7-18-37)59-55(61-56)44-27-15-24-41(32-44)38-19-8-4-9-20-38/h3-36H,1-2H3. The van der Waals surface area contributed by atoms with Crippen molar-refractivity contribution in [1.29, 1.82) is 0 Å². The van der Waals surface area contributed by atoms with Crippen LogP contribution in [0.2, 0.25) is 0 Å². The Bertz CT molecular complexity index is 3160. The fourth-order valence-corrected chi connectivity index (χ4v) is 8.94. The maximum atomic E-state index is 5.33. The number of fused-ring (bicyclic) bond motifs is 4. The molecule has 0 saturated carbocycles. The van der Waals surface area contributed by atoms with Crippen molar-refractivity contribution in [3.05, 3.63) is 217 Å². The zero-order valence-corrected chi connectivity index (χ0v) is 33.9. The number of pyridine rings is 1. The van der Waals surface area contributed by atoms with Crippen LogP contribution >= 0.6 is 0 Å². The third-order valence-corrected chi connectivity index (χ3v) is 12.1. The van der Waals surface area contributed by atoms with Crippen molar-refractivity contribution in [1.82, 2.24) is 19.9 Å². The molecule has 1 aliphatic carbocycles. The first kappa shape index (κ1) is 36.3. The fourth-order valence-electron chi connectivity index (χ4n) is 8.94. The molecule has 0 spiro atoms. The van der Waals surface area contributed by atoms with E-state index in [1.54, 1.807) is 0 Å². The predicted octanol–water partition coefficient (Wildman–Crippen LogP) is 14.4. The van der Waals surface area contributed by atoms with Crippen molar-refractivity contribution >= 4 is 10.9 Å². The lowest BCUT2D eigenvalue weighted by Gasteiger charge is -2.22. The van der Waals surface area contributed by atoms with E-state index in [0.717, 1.165) is 72.2 Å². The highest BCUT2D eigenvalue weighted by atomic mass is 15.0. The molecule has 0 radical (unpaired) electrons. The molecule has 0 unspecified atom stereocenters. The highest BCUT2D eigenvalue weighted by Gasteiger charge is 2.36. The Labute approximate surface area is 356 Å². The van der Waals surface area contributed by atoms with Crippen LogP contribution in [0.1, 0.15) is 25.0 Å². The Morgan fingerprint density at radius 1 is 0.295 bits per heavy atom. The number of aromatic nitrogens is 4. The molecule has 0 N–H and O–H groups in total. The van der Waals surface area contributed by atoms with Crippen molar-refractivity contribution in [3.8, 4) is 89.9 Å². The Kier molecular flexibility index (Phi) is 8.79. The largest absolute Gasteiger partial charge is 0.248 e. The molecule has 2 heterocycles. The van der Waals surface area contributed by atoms with E-state index in [-0.39, 0.29) is 5.41 Å². The lowest BCUT2D eigenvalue weighted by atomic mass is 9.82. The first-order valence-corrected chi connectivity index (χ1v) is 20.8. The van der Waals surface area contributed by atoms with Gasteiger partial charge < -0.3 is 0 Å². The van der Waals surface area contributed by atoms with Crippen LogP contribution < -0.4 is 0 Å². The summed E-state index contributed by atoms with van der Waals surface area (Å²) in [5.74, 6) is 1.84. The molecule has 8 aromatic carbocycles. The molecule has 0 bridgehead atoms. The third kappa shape index (κ3) is 6.59. The Hall–Kier alpha value is -7.82. The van der Waals surface area contributed by atoms with Gasteiger partial charge in [-0.3, -0.25) is 0 Å². The maximum Gasteiger partial charge on any atom is 0.164 e. The van der Waals surface area contributed by atoms with E-state index < -0.39 is 0 Å². The Morgan fingerprint density at radius 2 is 0.738 bits per heavy atom. The second-order valence-corrected chi connectivity index (χ2v) is 16.3. The number of nitrogens with zero attached hydrogens (tertiary/aromatic N) is 4. The molecule has 11 rings (SSSR count). The summed E-state index contributed by atoms with van der Waals surface area (Å²) in [4.78, 5) is 21.0. The van der Waals surface area contributed by atoms with Crippen LogP contribution in [0.5, 0.6) is 0 Å². The average molecular weight is 781 g/mol. The molecule has 0 amide bonds. The van der Waals surface area contributed by atoms with Crippen LogP contribution in [0, 0.1) is 0 Å². The van der Waals surface area contributed by atoms with E-state index in [0.29, 0.717) is 17.5 Å². The molecule has 4 heteroatoms. The van der Waals surface area contributed by atoms with Gasteiger partial charge >= 0.3 is 0 Å². The van der Waals surface area contributed by atoms with Gasteiger partial charge in [-0.2, -0.15) is 0 Å². The van der Waals surface area contributed by atoms with Crippen molar-refractivity contribution in [3.63, 3.8) is 0 Å². The molecule has 1 aliphatic rings. The first-order chi connectivity index (χ1) is 30.0. The average Bonchev–Trinajstić information content (AvgIpc) is 3.56. The molecule has 0 atom stereocenters. The van der Waals surface area contributed by atoms with Gasteiger partial charge in [0.05, 0.1) is 11.2 Å². The van der Waals surface area contributed by atoms with Crippen molar-refractivity contribution < 1.29 is 0 Å². The van der Waals surface area contributed by atoms with Gasteiger partial charge in [0.2, 0.25) is 0 Å². The normalized spacial score (nSPS) is 12.6. The summed E-state index contributed by atoms with van der Waals surface area (Å²) in [6.45, 7) is 4.64. The van der Waals surface area contributed by atoms with Gasteiger partial charge in [-0.1, -0.05) is 184 Å². The third-order valence-electron chi connectivity index (χ3n) is 12.1. The zero-order valence-electron chi connectivity index (χ0n) is 33.9. The topological polar surface area (TPSA) is 51.6 Å². The smallest absolute Gasteiger partial charge is 0.164 e. The minimum absolute atomic E-state index is 0.139. The summed E-state index contributed by atoms with van der Waals surface area (Å²) in [5.41, 5.74) is 17.4. The van der Waals surface area contributed by atoms with Crippen LogP contribution in [-0.4, -0.2) is 19.9 Å². The zero-order chi connectivity index (χ0) is 40.9. The highest BCUT2D eigenvalue weighted by molar-refractivity contribution is 6.02. The van der Waals surface area contributed by atoms with Gasteiger partial charge in [0.15, 0.2) is 17.5 Å². The first-order valence-electron chi connectivity index (χ1n) is 20.8. The molecule has 0 saturated heterocycles. The summed E-state index contributed by atoms with van der Waals surface area (Å²) in [5, 5.41) is 1.11. The van der Waals surface area contributed by atoms with Crippen molar-refractivity contribution in [2.45, 2.75) is 19.3 Å². The van der Waals surface area contributed by atoms with E-state index in [1.165, 1.54) is 22.3 Å². The molecule has 0 fully saturated rings. The summed E-state index contributed by atoms with van der Waals surface area (Å²) >= 11 is 0. The molecular weight excluding hydrogens is 741 g/mol. The van der Waals surface area contributed by atoms with Gasteiger partial charge in [0.1, 0.15) is 0 Å². The summed E-state index contributed by atoms with van der Waals surface area (Å²) in [7, 11) is 0. The predicted molar refractivity (Wildman–Crippen MR) is 251 cm³/mol. The van der Waals surface area contributed by atoms with E-state index >= 15 is 0 Å². The number of hydrogen-bond donors (Lipinski definition) is 0. The van der Waals surface area contributed by atoms with Gasteiger partial charge in [0, 0.05) is 33.1 Å².